The number of benzene rings is 7. The summed E-state index contributed by atoms with van der Waals surface area (Å²) in [6.07, 6.45) is 0. The molecular weight excluding hydrogens is 611 g/mol. The summed E-state index contributed by atoms with van der Waals surface area (Å²) in [4.78, 5) is 15.5. The largest absolute Gasteiger partial charge is 0.309 e. The van der Waals surface area contributed by atoms with Gasteiger partial charge in [0.05, 0.1) is 22.1 Å². The third-order valence-electron chi connectivity index (χ3n) is 9.57. The number of nitrogens with zero attached hydrogens (tertiary/aromatic N) is 5. The van der Waals surface area contributed by atoms with Gasteiger partial charge in [0, 0.05) is 38.4 Å². The lowest BCUT2D eigenvalue weighted by atomic mass is 10.0. The van der Waals surface area contributed by atoms with Gasteiger partial charge in [-0.2, -0.15) is 9.97 Å². The predicted octanol–water partition coefficient (Wildman–Crippen LogP) is 11.1. The molecule has 3 heterocycles. The summed E-state index contributed by atoms with van der Waals surface area (Å²) in [6, 6.07) is 61.4. The van der Waals surface area contributed by atoms with Crippen molar-refractivity contribution in [3.8, 4) is 45.5 Å². The van der Waals surface area contributed by atoms with Gasteiger partial charge in [-0.25, -0.2) is 4.98 Å². The highest BCUT2D eigenvalue weighted by Gasteiger charge is 2.23. The molecule has 0 saturated carbocycles. The van der Waals surface area contributed by atoms with E-state index < -0.39 is 0 Å². The van der Waals surface area contributed by atoms with Gasteiger partial charge in [-0.15, -0.1) is 0 Å². The first-order valence-corrected chi connectivity index (χ1v) is 16.8. The minimum atomic E-state index is 0.578. The lowest BCUT2D eigenvalue weighted by Gasteiger charge is -2.12. The fraction of sp³-hybridized carbons (Fsp3) is 0. The molecule has 5 nitrogen and oxygen atoms in total. The molecule has 3 aromatic heterocycles. The van der Waals surface area contributed by atoms with Crippen molar-refractivity contribution in [3.05, 3.63) is 176 Å². The second-order valence-corrected chi connectivity index (χ2v) is 12.5. The first-order valence-electron chi connectivity index (χ1n) is 16.8. The molecule has 0 aliphatic rings. The Morgan fingerprint density at radius 1 is 0.340 bits per heavy atom. The van der Waals surface area contributed by atoms with Gasteiger partial charge in [-0.05, 0) is 47.5 Å². The molecule has 5 heteroatoms. The lowest BCUT2D eigenvalue weighted by Crippen LogP contribution is -2.06. The quantitative estimate of drug-likeness (QED) is 0.188. The number of hydrogen-bond acceptors (Lipinski definition) is 3. The molecule has 0 aliphatic carbocycles. The van der Waals surface area contributed by atoms with E-state index in [1.165, 1.54) is 10.9 Å². The van der Waals surface area contributed by atoms with Gasteiger partial charge in [-0.1, -0.05) is 140 Å². The maximum atomic E-state index is 5.24. The van der Waals surface area contributed by atoms with Gasteiger partial charge in [0.2, 0.25) is 5.95 Å². The smallest absolute Gasteiger partial charge is 0.238 e. The molecule has 0 N–H and O–H groups in total. The Morgan fingerprint density at radius 2 is 0.880 bits per heavy atom. The van der Waals surface area contributed by atoms with E-state index >= 15 is 0 Å². The van der Waals surface area contributed by atoms with Crippen molar-refractivity contribution < 1.29 is 0 Å². The fourth-order valence-electron chi connectivity index (χ4n) is 7.33. The SMILES string of the molecule is c1ccc(-c2ccc3c(c2)c2ccc4c(c5ccccc5n4-c4ccccc4)c2n3-c2nc(-c3ccccc3)nc(-c3ccccc3)n2)cc1. The van der Waals surface area contributed by atoms with Crippen LogP contribution in [0.25, 0.3) is 89.2 Å². The van der Waals surface area contributed by atoms with Crippen molar-refractivity contribution in [2.75, 3.05) is 0 Å². The Labute approximate surface area is 288 Å². The highest BCUT2D eigenvalue weighted by atomic mass is 15.2. The molecule has 0 aliphatic heterocycles. The van der Waals surface area contributed by atoms with Gasteiger partial charge in [0.15, 0.2) is 11.6 Å². The molecule has 0 amide bonds. The average Bonchev–Trinajstić information content (AvgIpc) is 3.71. The highest BCUT2D eigenvalue weighted by molar-refractivity contribution is 6.26. The summed E-state index contributed by atoms with van der Waals surface area (Å²) in [5.41, 5.74) is 9.70. The van der Waals surface area contributed by atoms with Crippen LogP contribution in [-0.4, -0.2) is 24.1 Å². The van der Waals surface area contributed by atoms with Crippen LogP contribution in [-0.2, 0) is 0 Å². The van der Waals surface area contributed by atoms with Crippen LogP contribution in [0.2, 0.25) is 0 Å². The van der Waals surface area contributed by atoms with Crippen LogP contribution in [0.1, 0.15) is 0 Å². The first-order chi connectivity index (χ1) is 24.8. The van der Waals surface area contributed by atoms with Gasteiger partial charge in [0.25, 0.3) is 0 Å². The number of fused-ring (bicyclic) bond motifs is 7. The Hall–Kier alpha value is -6.85. The van der Waals surface area contributed by atoms with E-state index in [1.54, 1.807) is 0 Å². The van der Waals surface area contributed by atoms with Gasteiger partial charge in [-0.3, -0.25) is 4.57 Å². The van der Waals surface area contributed by atoms with Crippen LogP contribution in [0.3, 0.4) is 0 Å². The summed E-state index contributed by atoms with van der Waals surface area (Å²) in [5, 5.41) is 4.61. The standard InChI is InChI=1S/C45H29N5/c1-5-15-30(16-6-1)33-25-27-39-37(29-33)35-26-28-40-41(36-23-13-14-24-38(36)49(40)34-21-11-4-12-22-34)42(35)50(39)45-47-43(31-17-7-2-8-18-31)46-44(48-45)32-19-9-3-10-20-32/h1-29H. The maximum absolute atomic E-state index is 5.24. The summed E-state index contributed by atoms with van der Waals surface area (Å²) in [6.45, 7) is 0. The van der Waals surface area contributed by atoms with E-state index in [9.17, 15) is 0 Å². The molecule has 7 aromatic carbocycles. The zero-order valence-electron chi connectivity index (χ0n) is 27.0. The third-order valence-corrected chi connectivity index (χ3v) is 9.57. The Balaban J connectivity index is 1.37. The molecule has 234 valence electrons. The van der Waals surface area contributed by atoms with Crippen molar-refractivity contribution in [3.63, 3.8) is 0 Å². The topological polar surface area (TPSA) is 48.5 Å². The molecule has 50 heavy (non-hydrogen) atoms. The summed E-state index contributed by atoms with van der Waals surface area (Å²) in [7, 11) is 0. The van der Waals surface area contributed by atoms with Crippen LogP contribution in [0.5, 0.6) is 0 Å². The second-order valence-electron chi connectivity index (χ2n) is 12.5. The molecule has 10 aromatic rings. The second kappa shape index (κ2) is 11.4. The summed E-state index contributed by atoms with van der Waals surface area (Å²) >= 11 is 0. The number of aromatic nitrogens is 5. The van der Waals surface area contributed by atoms with E-state index in [4.69, 9.17) is 15.0 Å². The minimum Gasteiger partial charge on any atom is -0.309 e. The third kappa shape index (κ3) is 4.45. The molecular formula is C45H29N5. The fourth-order valence-corrected chi connectivity index (χ4v) is 7.33. The molecule has 0 spiro atoms. The molecule has 0 saturated heterocycles. The van der Waals surface area contributed by atoms with Crippen molar-refractivity contribution in [1.82, 2.24) is 24.1 Å². The molecule has 0 atom stereocenters. The molecule has 0 unspecified atom stereocenters. The number of hydrogen-bond donors (Lipinski definition) is 0. The van der Waals surface area contributed by atoms with Crippen molar-refractivity contribution in [2.45, 2.75) is 0 Å². The van der Waals surface area contributed by atoms with E-state index in [0.717, 1.165) is 60.6 Å². The van der Waals surface area contributed by atoms with E-state index in [2.05, 4.69) is 149 Å². The zero-order valence-corrected chi connectivity index (χ0v) is 27.0. The monoisotopic (exact) mass is 639 g/mol. The van der Waals surface area contributed by atoms with Crippen molar-refractivity contribution in [2.24, 2.45) is 0 Å². The van der Waals surface area contributed by atoms with Crippen LogP contribution in [0.15, 0.2) is 176 Å². The zero-order chi connectivity index (χ0) is 33.0. The average molecular weight is 640 g/mol. The van der Waals surface area contributed by atoms with Crippen LogP contribution >= 0.6 is 0 Å². The number of rotatable bonds is 5. The Kier molecular flexibility index (Phi) is 6.42. The van der Waals surface area contributed by atoms with E-state index in [1.807, 2.05) is 36.4 Å². The summed E-state index contributed by atoms with van der Waals surface area (Å²) < 4.78 is 4.61. The molecule has 0 radical (unpaired) electrons. The van der Waals surface area contributed by atoms with Crippen LogP contribution in [0.4, 0.5) is 0 Å². The number of para-hydroxylation sites is 2. The Bertz CT molecular complexity index is 2780. The van der Waals surface area contributed by atoms with Crippen molar-refractivity contribution in [1.29, 1.82) is 0 Å². The Morgan fingerprint density at radius 3 is 1.54 bits per heavy atom. The van der Waals surface area contributed by atoms with Gasteiger partial charge in [0.1, 0.15) is 0 Å². The molecule has 0 fully saturated rings. The maximum Gasteiger partial charge on any atom is 0.238 e. The van der Waals surface area contributed by atoms with Crippen molar-refractivity contribution >= 4 is 43.6 Å². The van der Waals surface area contributed by atoms with E-state index in [0.29, 0.717) is 17.6 Å². The predicted molar refractivity (Wildman–Crippen MR) is 205 cm³/mol. The molecule has 0 bridgehead atoms. The normalized spacial score (nSPS) is 11.6. The summed E-state index contributed by atoms with van der Waals surface area (Å²) in [5.74, 6) is 1.84. The van der Waals surface area contributed by atoms with Crippen LogP contribution < -0.4 is 0 Å². The van der Waals surface area contributed by atoms with Gasteiger partial charge >= 0.3 is 0 Å². The lowest BCUT2D eigenvalue weighted by molar-refractivity contribution is 0.955. The van der Waals surface area contributed by atoms with Gasteiger partial charge < -0.3 is 4.57 Å². The first kappa shape index (κ1) is 28.2. The van der Waals surface area contributed by atoms with E-state index in [-0.39, 0.29) is 0 Å². The molecule has 10 rings (SSSR count). The highest BCUT2D eigenvalue weighted by Crippen LogP contribution is 2.42. The minimum absolute atomic E-state index is 0.578. The van der Waals surface area contributed by atoms with Crippen LogP contribution in [0, 0.1) is 0 Å².